The summed E-state index contributed by atoms with van der Waals surface area (Å²) in [4.78, 5) is 12.1. The SMILES string of the molecule is CC(NC(=O)CCC1CCCCC1)c1cc2ccccc2o1. The van der Waals surface area contributed by atoms with Crippen molar-refractivity contribution in [2.24, 2.45) is 5.92 Å². The van der Waals surface area contributed by atoms with Gasteiger partial charge < -0.3 is 9.73 Å². The standard InChI is InChI=1S/C19H25NO2/c1-14(18-13-16-9-5-6-10-17(16)22-18)20-19(21)12-11-15-7-3-2-4-8-15/h5-6,9-10,13-15H,2-4,7-8,11-12H2,1H3,(H,20,21). The molecule has 0 spiro atoms. The number of carbonyl (C=O) groups excluding carboxylic acids is 1. The molecular formula is C19H25NO2. The van der Waals surface area contributed by atoms with E-state index in [9.17, 15) is 4.79 Å². The Labute approximate surface area is 132 Å². The summed E-state index contributed by atoms with van der Waals surface area (Å²) in [5.74, 6) is 1.71. The molecule has 1 aliphatic rings. The van der Waals surface area contributed by atoms with E-state index in [-0.39, 0.29) is 11.9 Å². The quantitative estimate of drug-likeness (QED) is 0.847. The van der Waals surface area contributed by atoms with Crippen LogP contribution in [-0.2, 0) is 4.79 Å². The maximum Gasteiger partial charge on any atom is 0.220 e. The number of amides is 1. The Morgan fingerprint density at radius 2 is 2.05 bits per heavy atom. The summed E-state index contributed by atoms with van der Waals surface area (Å²) in [6, 6.07) is 9.88. The summed E-state index contributed by atoms with van der Waals surface area (Å²) < 4.78 is 5.81. The van der Waals surface area contributed by atoms with Gasteiger partial charge in [0.1, 0.15) is 11.3 Å². The number of carbonyl (C=O) groups is 1. The van der Waals surface area contributed by atoms with Crippen molar-refractivity contribution in [2.45, 2.75) is 57.9 Å². The number of hydrogen-bond donors (Lipinski definition) is 1. The smallest absolute Gasteiger partial charge is 0.220 e. The van der Waals surface area contributed by atoms with E-state index in [1.54, 1.807) is 0 Å². The van der Waals surface area contributed by atoms with Crippen molar-refractivity contribution in [3.05, 3.63) is 36.1 Å². The molecule has 1 heterocycles. The number of para-hydroxylation sites is 1. The molecule has 1 unspecified atom stereocenters. The molecule has 1 N–H and O–H groups in total. The normalized spacial score (nSPS) is 17.5. The fourth-order valence-corrected chi connectivity index (χ4v) is 3.41. The van der Waals surface area contributed by atoms with Crippen LogP contribution in [0.2, 0.25) is 0 Å². The van der Waals surface area contributed by atoms with E-state index < -0.39 is 0 Å². The van der Waals surface area contributed by atoms with Gasteiger partial charge in [0.2, 0.25) is 5.91 Å². The summed E-state index contributed by atoms with van der Waals surface area (Å²) >= 11 is 0. The molecule has 1 fully saturated rings. The van der Waals surface area contributed by atoms with Crippen molar-refractivity contribution < 1.29 is 9.21 Å². The molecule has 22 heavy (non-hydrogen) atoms. The predicted octanol–water partition coefficient (Wildman–Crippen LogP) is 4.97. The highest BCUT2D eigenvalue weighted by Crippen LogP contribution is 2.27. The van der Waals surface area contributed by atoms with Gasteiger partial charge in [-0.1, -0.05) is 50.3 Å². The van der Waals surface area contributed by atoms with Crippen molar-refractivity contribution in [3.8, 4) is 0 Å². The second kappa shape index (κ2) is 6.99. The Kier molecular flexibility index (Phi) is 4.81. The van der Waals surface area contributed by atoms with Crippen LogP contribution in [-0.4, -0.2) is 5.91 Å². The second-order valence-corrected chi connectivity index (χ2v) is 6.52. The van der Waals surface area contributed by atoms with E-state index in [2.05, 4.69) is 5.32 Å². The fourth-order valence-electron chi connectivity index (χ4n) is 3.41. The van der Waals surface area contributed by atoms with Crippen LogP contribution < -0.4 is 5.32 Å². The first-order chi connectivity index (χ1) is 10.7. The molecular weight excluding hydrogens is 274 g/mol. The number of hydrogen-bond acceptors (Lipinski definition) is 2. The highest BCUT2D eigenvalue weighted by molar-refractivity contribution is 5.79. The Hall–Kier alpha value is -1.77. The van der Waals surface area contributed by atoms with Gasteiger partial charge >= 0.3 is 0 Å². The lowest BCUT2D eigenvalue weighted by molar-refractivity contribution is -0.122. The molecule has 3 heteroatoms. The molecule has 0 aliphatic heterocycles. The number of furan rings is 1. The van der Waals surface area contributed by atoms with Crippen LogP contribution in [0.1, 0.15) is 63.7 Å². The summed E-state index contributed by atoms with van der Waals surface area (Å²) in [5, 5.41) is 4.15. The van der Waals surface area contributed by atoms with Crippen LogP contribution in [0.15, 0.2) is 34.7 Å². The first-order valence-electron chi connectivity index (χ1n) is 8.50. The molecule has 1 aromatic heterocycles. The monoisotopic (exact) mass is 299 g/mol. The zero-order valence-electron chi connectivity index (χ0n) is 13.3. The molecule has 1 atom stereocenters. The number of fused-ring (bicyclic) bond motifs is 1. The van der Waals surface area contributed by atoms with Crippen molar-refractivity contribution in [1.82, 2.24) is 5.32 Å². The van der Waals surface area contributed by atoms with Gasteiger partial charge in [-0.2, -0.15) is 0 Å². The largest absolute Gasteiger partial charge is 0.459 e. The van der Waals surface area contributed by atoms with Gasteiger partial charge in [0.05, 0.1) is 6.04 Å². The zero-order chi connectivity index (χ0) is 15.4. The minimum atomic E-state index is -0.0775. The molecule has 2 aromatic rings. The molecule has 1 aliphatic carbocycles. The maximum atomic E-state index is 12.1. The second-order valence-electron chi connectivity index (χ2n) is 6.52. The fraction of sp³-hybridized carbons (Fsp3) is 0.526. The van der Waals surface area contributed by atoms with E-state index >= 15 is 0 Å². The van der Waals surface area contributed by atoms with E-state index in [4.69, 9.17) is 4.42 Å². The molecule has 1 aromatic carbocycles. The van der Waals surface area contributed by atoms with Gasteiger partial charge in [0, 0.05) is 11.8 Å². The minimum Gasteiger partial charge on any atom is -0.459 e. The molecule has 0 saturated heterocycles. The van der Waals surface area contributed by atoms with E-state index in [1.165, 1.54) is 32.1 Å². The Balaban J connectivity index is 1.51. The van der Waals surface area contributed by atoms with Crippen molar-refractivity contribution >= 4 is 16.9 Å². The zero-order valence-corrected chi connectivity index (χ0v) is 13.3. The Bertz CT molecular complexity index is 592. The molecule has 1 saturated carbocycles. The van der Waals surface area contributed by atoms with Crippen LogP contribution in [0.25, 0.3) is 11.0 Å². The highest BCUT2D eigenvalue weighted by Gasteiger charge is 2.17. The molecule has 0 bridgehead atoms. The lowest BCUT2D eigenvalue weighted by Crippen LogP contribution is -2.26. The summed E-state index contributed by atoms with van der Waals surface area (Å²) in [7, 11) is 0. The molecule has 0 radical (unpaired) electrons. The van der Waals surface area contributed by atoms with Gasteiger partial charge in [-0.15, -0.1) is 0 Å². The molecule has 1 amide bonds. The van der Waals surface area contributed by atoms with Crippen LogP contribution in [0.4, 0.5) is 0 Å². The van der Waals surface area contributed by atoms with Crippen LogP contribution in [0, 0.1) is 5.92 Å². The lowest BCUT2D eigenvalue weighted by atomic mass is 9.86. The van der Waals surface area contributed by atoms with E-state index in [0.29, 0.717) is 6.42 Å². The first-order valence-corrected chi connectivity index (χ1v) is 8.50. The third-order valence-electron chi connectivity index (χ3n) is 4.75. The third-order valence-corrected chi connectivity index (χ3v) is 4.75. The summed E-state index contributed by atoms with van der Waals surface area (Å²) in [6.45, 7) is 1.98. The Morgan fingerprint density at radius 3 is 2.82 bits per heavy atom. The number of nitrogens with one attached hydrogen (secondary N) is 1. The maximum absolute atomic E-state index is 12.1. The van der Waals surface area contributed by atoms with Gasteiger partial charge in [-0.25, -0.2) is 0 Å². The topological polar surface area (TPSA) is 42.2 Å². The van der Waals surface area contributed by atoms with Gasteiger partial charge in [0.15, 0.2) is 0 Å². The van der Waals surface area contributed by atoms with Crippen LogP contribution in [0.3, 0.4) is 0 Å². The minimum absolute atomic E-state index is 0.0775. The van der Waals surface area contributed by atoms with Crippen molar-refractivity contribution in [1.29, 1.82) is 0 Å². The van der Waals surface area contributed by atoms with Gasteiger partial charge in [-0.3, -0.25) is 4.79 Å². The van der Waals surface area contributed by atoms with E-state index in [1.807, 2.05) is 37.3 Å². The predicted molar refractivity (Wildman–Crippen MR) is 88.6 cm³/mol. The molecule has 118 valence electrons. The van der Waals surface area contributed by atoms with Crippen LogP contribution >= 0.6 is 0 Å². The number of benzene rings is 1. The average molecular weight is 299 g/mol. The molecule has 3 rings (SSSR count). The number of rotatable bonds is 5. The van der Waals surface area contributed by atoms with Gasteiger partial charge in [-0.05, 0) is 31.4 Å². The van der Waals surface area contributed by atoms with E-state index in [0.717, 1.165) is 29.1 Å². The summed E-state index contributed by atoms with van der Waals surface area (Å²) in [5.41, 5.74) is 0.876. The Morgan fingerprint density at radius 1 is 1.27 bits per heavy atom. The average Bonchev–Trinajstić information content (AvgIpc) is 2.98. The van der Waals surface area contributed by atoms with Crippen LogP contribution in [0.5, 0.6) is 0 Å². The third kappa shape index (κ3) is 3.70. The summed E-state index contributed by atoms with van der Waals surface area (Å²) in [6.07, 6.45) is 8.29. The van der Waals surface area contributed by atoms with Crippen molar-refractivity contribution in [2.75, 3.05) is 0 Å². The molecule has 3 nitrogen and oxygen atoms in total. The highest BCUT2D eigenvalue weighted by atomic mass is 16.3. The lowest BCUT2D eigenvalue weighted by Gasteiger charge is -2.21. The van der Waals surface area contributed by atoms with Gasteiger partial charge in [0.25, 0.3) is 0 Å². The first kappa shape index (κ1) is 15.1. The van der Waals surface area contributed by atoms with Crippen molar-refractivity contribution in [3.63, 3.8) is 0 Å².